The molecule has 74 valence electrons. The van der Waals surface area contributed by atoms with E-state index >= 15 is 0 Å². The highest BCUT2D eigenvalue weighted by Gasteiger charge is 2.04. The normalized spacial score (nSPS) is 12.0. The van der Waals surface area contributed by atoms with Crippen molar-refractivity contribution in [3.63, 3.8) is 0 Å². The number of methoxy groups -OCH3 is 2. The average Bonchev–Trinajstić information content (AvgIpc) is 2.17. The molecule has 0 radical (unpaired) electrons. The van der Waals surface area contributed by atoms with Crippen molar-refractivity contribution in [2.75, 3.05) is 27.4 Å². The quantitative estimate of drug-likeness (QED) is 0.277. The van der Waals surface area contributed by atoms with Gasteiger partial charge in [0.15, 0.2) is 0 Å². The van der Waals surface area contributed by atoms with E-state index in [0.29, 0.717) is 13.2 Å². The summed E-state index contributed by atoms with van der Waals surface area (Å²) in [7, 11) is 2.87. The Morgan fingerprint density at radius 2 is 2.23 bits per heavy atom. The summed E-state index contributed by atoms with van der Waals surface area (Å²) < 4.78 is 9.21. The van der Waals surface area contributed by atoms with Crippen LogP contribution in [0.1, 0.15) is 0 Å². The number of hydrogen-bond acceptors (Lipinski definition) is 5. The number of hydrogen-bond donors (Lipinski definition) is 1. The van der Waals surface area contributed by atoms with E-state index in [2.05, 4.69) is 9.73 Å². The molecule has 0 bridgehead atoms. The third kappa shape index (κ3) is 4.97. The molecule has 0 amide bonds. The van der Waals surface area contributed by atoms with Gasteiger partial charge in [-0.25, -0.2) is 4.79 Å². The minimum Gasteiger partial charge on any atom is -0.465 e. The van der Waals surface area contributed by atoms with E-state index in [1.54, 1.807) is 7.11 Å². The average molecular weight is 186 g/mol. The van der Waals surface area contributed by atoms with E-state index in [-0.39, 0.29) is 5.57 Å². The van der Waals surface area contributed by atoms with Crippen LogP contribution < -0.4 is 5.73 Å². The lowest BCUT2D eigenvalue weighted by atomic mass is 10.3. The molecule has 0 aliphatic carbocycles. The first-order chi connectivity index (χ1) is 6.26. The Balaban J connectivity index is 3.99. The van der Waals surface area contributed by atoms with Crippen LogP contribution >= 0.6 is 0 Å². The highest BCUT2D eigenvalue weighted by Crippen LogP contribution is 1.91. The maximum atomic E-state index is 10.9. The zero-order valence-corrected chi connectivity index (χ0v) is 7.82. The third-order valence-electron chi connectivity index (χ3n) is 1.26. The molecule has 0 aromatic carbocycles. The lowest BCUT2D eigenvalue weighted by Crippen LogP contribution is -2.08. The van der Waals surface area contributed by atoms with Gasteiger partial charge in [0, 0.05) is 19.5 Å². The number of carbonyl (C=O) groups is 1. The molecular weight excluding hydrogens is 172 g/mol. The molecule has 0 rings (SSSR count). The first kappa shape index (κ1) is 11.6. The molecule has 0 atom stereocenters. The smallest absolute Gasteiger partial charge is 0.340 e. The van der Waals surface area contributed by atoms with Crippen molar-refractivity contribution in [3.8, 4) is 0 Å². The molecule has 0 saturated carbocycles. The van der Waals surface area contributed by atoms with Crippen molar-refractivity contribution in [1.29, 1.82) is 0 Å². The molecule has 2 N–H and O–H groups in total. The van der Waals surface area contributed by atoms with Gasteiger partial charge in [-0.15, -0.1) is 0 Å². The summed E-state index contributed by atoms with van der Waals surface area (Å²) in [6.07, 6.45) is 2.52. The number of aliphatic imine (C=N–C) groups is 1. The van der Waals surface area contributed by atoms with Crippen LogP contribution in [0.3, 0.4) is 0 Å². The van der Waals surface area contributed by atoms with Crippen molar-refractivity contribution in [2.45, 2.75) is 0 Å². The predicted molar refractivity (Wildman–Crippen MR) is 49.5 cm³/mol. The maximum absolute atomic E-state index is 10.9. The molecule has 0 unspecified atom stereocenters. The van der Waals surface area contributed by atoms with Crippen molar-refractivity contribution in [1.82, 2.24) is 0 Å². The molecule has 0 heterocycles. The zero-order valence-electron chi connectivity index (χ0n) is 7.82. The largest absolute Gasteiger partial charge is 0.465 e. The standard InChI is InChI=1S/C8H14N2O3/c1-12-4-3-10-6-7(5-9)8(11)13-2/h5-6H,3-4,9H2,1-2H3/b7-5+,10-6?. The van der Waals surface area contributed by atoms with Crippen LogP contribution in [0.25, 0.3) is 0 Å². The Labute approximate surface area is 77.2 Å². The number of carbonyl (C=O) groups excluding carboxylic acids is 1. The maximum Gasteiger partial charge on any atom is 0.340 e. The molecule has 0 fully saturated rings. The summed E-state index contributed by atoms with van der Waals surface area (Å²) in [5, 5.41) is 0. The SMILES string of the molecule is COCCN=C/C(=C\N)C(=O)OC. The van der Waals surface area contributed by atoms with Crippen LogP contribution in [0.15, 0.2) is 16.8 Å². The molecule has 0 aliphatic rings. The topological polar surface area (TPSA) is 73.9 Å². The summed E-state index contributed by atoms with van der Waals surface area (Å²) >= 11 is 0. The second-order valence-electron chi connectivity index (χ2n) is 2.14. The third-order valence-corrected chi connectivity index (χ3v) is 1.26. The number of esters is 1. The van der Waals surface area contributed by atoms with E-state index in [4.69, 9.17) is 10.5 Å². The van der Waals surface area contributed by atoms with Crippen molar-refractivity contribution >= 4 is 12.2 Å². The van der Waals surface area contributed by atoms with Crippen molar-refractivity contribution in [3.05, 3.63) is 11.8 Å². The lowest BCUT2D eigenvalue weighted by molar-refractivity contribution is -0.135. The van der Waals surface area contributed by atoms with Crippen molar-refractivity contribution < 1.29 is 14.3 Å². The summed E-state index contributed by atoms with van der Waals surface area (Å²) in [6, 6.07) is 0. The fraction of sp³-hybridized carbons (Fsp3) is 0.500. The summed E-state index contributed by atoms with van der Waals surface area (Å²) in [6.45, 7) is 1.00. The van der Waals surface area contributed by atoms with E-state index in [9.17, 15) is 4.79 Å². The van der Waals surface area contributed by atoms with Gasteiger partial charge in [-0.2, -0.15) is 0 Å². The van der Waals surface area contributed by atoms with Gasteiger partial charge in [0.2, 0.25) is 0 Å². The minimum absolute atomic E-state index is 0.235. The summed E-state index contributed by atoms with van der Waals surface area (Å²) in [4.78, 5) is 14.8. The Kier molecular flexibility index (Phi) is 6.53. The summed E-state index contributed by atoms with van der Waals surface area (Å²) in [5.41, 5.74) is 5.41. The van der Waals surface area contributed by atoms with Crippen LogP contribution in [-0.2, 0) is 14.3 Å². The Bertz CT molecular complexity index is 211. The number of nitrogens with two attached hydrogens (primary N) is 1. The number of rotatable bonds is 5. The first-order valence-electron chi connectivity index (χ1n) is 3.75. The van der Waals surface area contributed by atoms with Crippen LogP contribution in [0, 0.1) is 0 Å². The van der Waals surface area contributed by atoms with Gasteiger partial charge in [-0.05, 0) is 0 Å². The Hall–Kier alpha value is -1.36. The number of nitrogens with zero attached hydrogens (tertiary/aromatic N) is 1. The van der Waals surface area contributed by atoms with Crippen LogP contribution in [0.5, 0.6) is 0 Å². The zero-order chi connectivity index (χ0) is 10.1. The van der Waals surface area contributed by atoms with E-state index in [1.807, 2.05) is 0 Å². The van der Waals surface area contributed by atoms with Gasteiger partial charge in [-0.1, -0.05) is 0 Å². The van der Waals surface area contributed by atoms with Gasteiger partial charge in [0.05, 0.1) is 25.8 Å². The molecule has 0 spiro atoms. The van der Waals surface area contributed by atoms with Gasteiger partial charge in [0.1, 0.15) is 0 Å². The summed E-state index contributed by atoms with van der Waals surface area (Å²) in [5.74, 6) is -0.497. The minimum atomic E-state index is -0.497. The van der Waals surface area contributed by atoms with Crippen LogP contribution in [0.2, 0.25) is 0 Å². The van der Waals surface area contributed by atoms with E-state index in [0.717, 1.165) is 6.20 Å². The fourth-order valence-electron chi connectivity index (χ4n) is 0.589. The fourth-order valence-corrected chi connectivity index (χ4v) is 0.589. The molecule has 0 aromatic heterocycles. The molecule has 5 heteroatoms. The molecule has 0 aliphatic heterocycles. The first-order valence-corrected chi connectivity index (χ1v) is 3.75. The lowest BCUT2D eigenvalue weighted by Gasteiger charge is -1.97. The predicted octanol–water partition coefficient (Wildman–Crippen LogP) is -0.281. The van der Waals surface area contributed by atoms with Crippen molar-refractivity contribution in [2.24, 2.45) is 10.7 Å². The van der Waals surface area contributed by atoms with E-state index < -0.39 is 5.97 Å². The highest BCUT2D eigenvalue weighted by molar-refractivity contribution is 6.09. The molecular formula is C8H14N2O3. The van der Waals surface area contributed by atoms with Gasteiger partial charge in [-0.3, -0.25) is 4.99 Å². The Morgan fingerprint density at radius 3 is 2.69 bits per heavy atom. The molecule has 13 heavy (non-hydrogen) atoms. The van der Waals surface area contributed by atoms with Crippen LogP contribution in [0.4, 0.5) is 0 Å². The van der Waals surface area contributed by atoms with Gasteiger partial charge in [0.25, 0.3) is 0 Å². The molecule has 5 nitrogen and oxygen atoms in total. The molecule has 0 saturated heterocycles. The van der Waals surface area contributed by atoms with Gasteiger partial charge >= 0.3 is 5.97 Å². The van der Waals surface area contributed by atoms with Gasteiger partial charge < -0.3 is 15.2 Å². The Morgan fingerprint density at radius 1 is 1.54 bits per heavy atom. The van der Waals surface area contributed by atoms with Crippen LogP contribution in [-0.4, -0.2) is 39.6 Å². The molecule has 0 aromatic rings. The van der Waals surface area contributed by atoms with E-state index in [1.165, 1.54) is 13.3 Å². The second-order valence-corrected chi connectivity index (χ2v) is 2.14. The highest BCUT2D eigenvalue weighted by atomic mass is 16.5. The number of ether oxygens (including phenoxy) is 2. The monoisotopic (exact) mass is 186 g/mol. The second kappa shape index (κ2) is 7.30.